The van der Waals surface area contributed by atoms with E-state index in [1.165, 1.54) is 11.8 Å². The van der Waals surface area contributed by atoms with Crippen molar-refractivity contribution < 1.29 is 24.5 Å². The summed E-state index contributed by atoms with van der Waals surface area (Å²) < 4.78 is 5.28. The molecule has 6 heteroatoms. The molecule has 1 heterocycles. The van der Waals surface area contributed by atoms with E-state index in [1.807, 2.05) is 0 Å². The SMILES string of the molecule is CC(C)(C)OC(=O)N1CCCC1CC(C)(O)C(=O)O. The van der Waals surface area contributed by atoms with E-state index in [0.29, 0.717) is 13.0 Å². The van der Waals surface area contributed by atoms with Gasteiger partial charge in [-0.25, -0.2) is 9.59 Å². The van der Waals surface area contributed by atoms with Crippen molar-refractivity contribution in [2.24, 2.45) is 0 Å². The second kappa shape index (κ2) is 5.36. The lowest BCUT2D eigenvalue weighted by atomic mass is 9.96. The van der Waals surface area contributed by atoms with Gasteiger partial charge in [0, 0.05) is 19.0 Å². The molecule has 0 aromatic rings. The number of carboxylic acid groups (broad SMARTS) is 1. The lowest BCUT2D eigenvalue weighted by molar-refractivity contribution is -0.158. The molecule has 0 radical (unpaired) electrons. The summed E-state index contributed by atoms with van der Waals surface area (Å²) in [6.45, 7) is 7.13. The largest absolute Gasteiger partial charge is 0.479 e. The Morgan fingerprint density at radius 2 is 1.89 bits per heavy atom. The van der Waals surface area contributed by atoms with Crippen LogP contribution in [0.25, 0.3) is 0 Å². The third-order valence-corrected chi connectivity index (χ3v) is 3.10. The zero-order chi connectivity index (χ0) is 14.8. The lowest BCUT2D eigenvalue weighted by Crippen LogP contribution is -2.46. The predicted molar refractivity (Wildman–Crippen MR) is 68.8 cm³/mol. The molecular formula is C13H23NO5. The smallest absolute Gasteiger partial charge is 0.410 e. The maximum Gasteiger partial charge on any atom is 0.410 e. The highest BCUT2D eigenvalue weighted by Gasteiger charge is 2.39. The Bertz CT molecular complexity index is 359. The van der Waals surface area contributed by atoms with Crippen LogP contribution in [0.3, 0.4) is 0 Å². The Labute approximate surface area is 113 Å². The van der Waals surface area contributed by atoms with Crippen LogP contribution in [0.4, 0.5) is 4.79 Å². The number of carbonyl (C=O) groups is 2. The van der Waals surface area contributed by atoms with Gasteiger partial charge in [0.1, 0.15) is 5.60 Å². The van der Waals surface area contributed by atoms with Crippen molar-refractivity contribution in [1.82, 2.24) is 4.90 Å². The number of hydrogen-bond acceptors (Lipinski definition) is 4. The lowest BCUT2D eigenvalue weighted by Gasteiger charge is -2.31. The van der Waals surface area contributed by atoms with Gasteiger partial charge >= 0.3 is 12.1 Å². The Hall–Kier alpha value is -1.30. The maximum atomic E-state index is 12.0. The zero-order valence-corrected chi connectivity index (χ0v) is 12.0. The topological polar surface area (TPSA) is 87.1 Å². The monoisotopic (exact) mass is 273 g/mol. The molecular weight excluding hydrogens is 250 g/mol. The van der Waals surface area contributed by atoms with E-state index in [1.54, 1.807) is 20.8 Å². The van der Waals surface area contributed by atoms with Crippen molar-refractivity contribution in [2.45, 2.75) is 64.2 Å². The molecule has 1 rings (SSSR count). The number of ether oxygens (including phenoxy) is 1. The maximum absolute atomic E-state index is 12.0. The number of aliphatic carboxylic acids is 1. The minimum absolute atomic E-state index is 0.0155. The quantitative estimate of drug-likeness (QED) is 0.815. The molecule has 0 saturated carbocycles. The molecule has 0 bridgehead atoms. The van der Waals surface area contributed by atoms with E-state index in [4.69, 9.17) is 9.84 Å². The van der Waals surface area contributed by atoms with Crippen LogP contribution < -0.4 is 0 Å². The molecule has 1 aliphatic heterocycles. The number of carbonyl (C=O) groups excluding carboxylic acids is 1. The van der Waals surface area contributed by atoms with Crippen LogP contribution in [-0.2, 0) is 9.53 Å². The summed E-state index contributed by atoms with van der Waals surface area (Å²) in [6, 6.07) is -0.291. The van der Waals surface area contributed by atoms with Crippen LogP contribution in [0.1, 0.15) is 47.0 Å². The third-order valence-electron chi connectivity index (χ3n) is 3.10. The van der Waals surface area contributed by atoms with E-state index >= 15 is 0 Å². The molecule has 110 valence electrons. The molecule has 1 amide bonds. The molecule has 2 atom stereocenters. The fourth-order valence-electron chi connectivity index (χ4n) is 2.15. The van der Waals surface area contributed by atoms with Crippen molar-refractivity contribution in [1.29, 1.82) is 0 Å². The van der Waals surface area contributed by atoms with E-state index in [0.717, 1.165) is 6.42 Å². The molecule has 0 aromatic carbocycles. The van der Waals surface area contributed by atoms with Gasteiger partial charge in [-0.15, -0.1) is 0 Å². The number of carboxylic acids is 1. The van der Waals surface area contributed by atoms with Gasteiger partial charge < -0.3 is 19.8 Å². The number of aliphatic hydroxyl groups is 1. The van der Waals surface area contributed by atoms with Crippen LogP contribution in [0.5, 0.6) is 0 Å². The molecule has 6 nitrogen and oxygen atoms in total. The van der Waals surface area contributed by atoms with Gasteiger partial charge in [0.05, 0.1) is 0 Å². The van der Waals surface area contributed by atoms with Gasteiger partial charge in [-0.3, -0.25) is 0 Å². The summed E-state index contributed by atoms with van der Waals surface area (Å²) in [5.41, 5.74) is -2.41. The number of amides is 1. The van der Waals surface area contributed by atoms with Crippen LogP contribution in [-0.4, -0.2) is 51.0 Å². The average Bonchev–Trinajstić information content (AvgIpc) is 2.61. The van der Waals surface area contributed by atoms with Crippen molar-refractivity contribution in [3.05, 3.63) is 0 Å². The first-order valence-electron chi connectivity index (χ1n) is 6.48. The summed E-state index contributed by atoms with van der Waals surface area (Å²) in [5.74, 6) is -1.27. The van der Waals surface area contributed by atoms with E-state index < -0.39 is 23.3 Å². The first-order valence-corrected chi connectivity index (χ1v) is 6.48. The van der Waals surface area contributed by atoms with Crippen LogP contribution in [0.15, 0.2) is 0 Å². The normalized spacial score (nSPS) is 23.0. The average molecular weight is 273 g/mol. The third kappa shape index (κ3) is 4.38. The summed E-state index contributed by atoms with van der Waals surface area (Å²) in [4.78, 5) is 24.4. The molecule has 1 fully saturated rings. The molecule has 2 unspecified atom stereocenters. The molecule has 0 spiro atoms. The first-order chi connectivity index (χ1) is 8.53. The van der Waals surface area contributed by atoms with Crippen molar-refractivity contribution in [3.63, 3.8) is 0 Å². The second-order valence-corrected chi connectivity index (χ2v) is 6.25. The summed E-state index contributed by atoms with van der Waals surface area (Å²) in [5, 5.41) is 18.7. The number of nitrogens with zero attached hydrogens (tertiary/aromatic N) is 1. The summed E-state index contributed by atoms with van der Waals surface area (Å²) in [7, 11) is 0. The predicted octanol–water partition coefficient (Wildman–Crippen LogP) is 1.61. The fraction of sp³-hybridized carbons (Fsp3) is 0.846. The molecule has 2 N–H and O–H groups in total. The summed E-state index contributed by atoms with van der Waals surface area (Å²) >= 11 is 0. The molecule has 0 aliphatic carbocycles. The molecule has 1 saturated heterocycles. The van der Waals surface area contributed by atoms with Crippen molar-refractivity contribution in [3.8, 4) is 0 Å². The van der Waals surface area contributed by atoms with Gasteiger partial charge in [-0.05, 0) is 40.5 Å². The van der Waals surface area contributed by atoms with E-state index in [2.05, 4.69) is 0 Å². The number of likely N-dealkylation sites (tertiary alicyclic amines) is 1. The summed E-state index contributed by atoms with van der Waals surface area (Å²) in [6.07, 6.45) is 1.04. The Balaban J connectivity index is 2.69. The van der Waals surface area contributed by atoms with Crippen molar-refractivity contribution in [2.75, 3.05) is 6.54 Å². The Kier molecular flexibility index (Phi) is 4.45. The Morgan fingerprint density at radius 1 is 1.32 bits per heavy atom. The van der Waals surface area contributed by atoms with Crippen LogP contribution in [0.2, 0.25) is 0 Å². The fourth-order valence-corrected chi connectivity index (χ4v) is 2.15. The minimum Gasteiger partial charge on any atom is -0.479 e. The zero-order valence-electron chi connectivity index (χ0n) is 12.0. The van der Waals surface area contributed by atoms with Crippen LogP contribution >= 0.6 is 0 Å². The van der Waals surface area contributed by atoms with Crippen molar-refractivity contribution >= 4 is 12.1 Å². The number of rotatable bonds is 3. The Morgan fingerprint density at radius 3 is 2.37 bits per heavy atom. The standard InChI is InChI=1S/C13H23NO5/c1-12(2,3)19-11(17)14-7-5-6-9(14)8-13(4,18)10(15)16/h9,18H,5-8H2,1-4H3,(H,15,16). The van der Waals surface area contributed by atoms with Gasteiger partial charge in [0.25, 0.3) is 0 Å². The van der Waals surface area contributed by atoms with E-state index in [9.17, 15) is 14.7 Å². The molecule has 19 heavy (non-hydrogen) atoms. The van der Waals surface area contributed by atoms with E-state index in [-0.39, 0.29) is 12.5 Å². The van der Waals surface area contributed by atoms with Gasteiger partial charge in [-0.2, -0.15) is 0 Å². The van der Waals surface area contributed by atoms with Gasteiger partial charge in [0.15, 0.2) is 5.60 Å². The van der Waals surface area contributed by atoms with Gasteiger partial charge in [0.2, 0.25) is 0 Å². The first kappa shape index (κ1) is 15.8. The highest BCUT2D eigenvalue weighted by atomic mass is 16.6. The second-order valence-electron chi connectivity index (χ2n) is 6.25. The highest BCUT2D eigenvalue weighted by Crippen LogP contribution is 2.27. The molecule has 1 aliphatic rings. The molecule has 0 aromatic heterocycles. The van der Waals surface area contributed by atoms with Crippen LogP contribution in [0, 0.1) is 0 Å². The minimum atomic E-state index is -1.82. The van der Waals surface area contributed by atoms with Gasteiger partial charge in [-0.1, -0.05) is 0 Å². The number of hydrogen-bond donors (Lipinski definition) is 2. The highest BCUT2D eigenvalue weighted by molar-refractivity contribution is 5.76.